The number of benzene rings is 1. The van der Waals surface area contributed by atoms with Gasteiger partial charge in [-0.25, -0.2) is 8.42 Å². The molecule has 0 unspecified atom stereocenters. The number of carboxylic acids is 1. The second-order valence-electron chi connectivity index (χ2n) is 3.82. The average molecular weight is 309 g/mol. The van der Waals surface area contributed by atoms with Gasteiger partial charge in [-0.2, -0.15) is 8.78 Å². The summed E-state index contributed by atoms with van der Waals surface area (Å²) in [5, 5.41) is 8.42. The van der Waals surface area contributed by atoms with Crippen LogP contribution in [0.2, 0.25) is 0 Å². The maximum absolute atomic E-state index is 12.0. The van der Waals surface area contributed by atoms with Gasteiger partial charge in [0.2, 0.25) is 10.0 Å². The van der Waals surface area contributed by atoms with E-state index in [4.69, 9.17) is 5.11 Å². The minimum absolute atomic E-state index is 0.0438. The largest absolute Gasteiger partial charge is 0.481 e. The number of hydrogen-bond donors (Lipinski definition) is 2. The second kappa shape index (κ2) is 7.04. The number of carbonyl (C=O) groups is 1. The van der Waals surface area contributed by atoms with Gasteiger partial charge in [0.15, 0.2) is 0 Å². The summed E-state index contributed by atoms with van der Waals surface area (Å²) < 4.78 is 53.6. The van der Waals surface area contributed by atoms with Gasteiger partial charge in [-0.3, -0.25) is 9.52 Å². The number of hydrogen-bond acceptors (Lipinski definition) is 4. The van der Waals surface area contributed by atoms with Crippen molar-refractivity contribution < 1.29 is 31.8 Å². The minimum atomic E-state index is -3.73. The van der Waals surface area contributed by atoms with E-state index in [1.54, 1.807) is 0 Å². The van der Waals surface area contributed by atoms with E-state index in [0.29, 0.717) is 0 Å². The van der Waals surface area contributed by atoms with Crippen LogP contribution in [0.15, 0.2) is 24.3 Å². The van der Waals surface area contributed by atoms with Crippen LogP contribution >= 0.6 is 0 Å². The van der Waals surface area contributed by atoms with Crippen LogP contribution in [0.1, 0.15) is 12.8 Å². The summed E-state index contributed by atoms with van der Waals surface area (Å²) >= 11 is 0. The van der Waals surface area contributed by atoms with Crippen molar-refractivity contribution in [3.63, 3.8) is 0 Å². The van der Waals surface area contributed by atoms with E-state index < -0.39 is 22.6 Å². The molecule has 0 amide bonds. The zero-order valence-electron chi connectivity index (χ0n) is 10.3. The van der Waals surface area contributed by atoms with Crippen LogP contribution in [0.3, 0.4) is 0 Å². The molecule has 0 aliphatic heterocycles. The van der Waals surface area contributed by atoms with Gasteiger partial charge in [0, 0.05) is 12.5 Å². The molecule has 1 aromatic rings. The van der Waals surface area contributed by atoms with E-state index >= 15 is 0 Å². The molecular formula is C11H13F2NO5S. The van der Waals surface area contributed by atoms with E-state index in [-0.39, 0.29) is 30.0 Å². The summed E-state index contributed by atoms with van der Waals surface area (Å²) in [5.41, 5.74) is 0.0680. The Morgan fingerprint density at radius 1 is 1.40 bits per heavy atom. The number of carboxylic acid groups (broad SMARTS) is 1. The van der Waals surface area contributed by atoms with Gasteiger partial charge in [-0.1, -0.05) is 6.07 Å². The van der Waals surface area contributed by atoms with Gasteiger partial charge in [0.05, 0.1) is 11.4 Å². The highest BCUT2D eigenvalue weighted by molar-refractivity contribution is 7.92. The lowest BCUT2D eigenvalue weighted by molar-refractivity contribution is -0.137. The predicted molar refractivity (Wildman–Crippen MR) is 67.4 cm³/mol. The van der Waals surface area contributed by atoms with Gasteiger partial charge in [0.1, 0.15) is 5.75 Å². The van der Waals surface area contributed by atoms with Crippen molar-refractivity contribution in [3.05, 3.63) is 24.3 Å². The quantitative estimate of drug-likeness (QED) is 0.765. The zero-order chi connectivity index (χ0) is 15.2. The summed E-state index contributed by atoms with van der Waals surface area (Å²) in [7, 11) is -3.73. The standard InChI is InChI=1S/C11H13F2NO5S/c12-11(13)19-9-4-1-3-8(7-9)14-20(17,18)6-2-5-10(15)16/h1,3-4,7,11,14H,2,5-6H2,(H,15,16). The highest BCUT2D eigenvalue weighted by Gasteiger charge is 2.12. The Kier molecular flexibility index (Phi) is 5.68. The molecule has 0 bridgehead atoms. The first-order chi connectivity index (χ1) is 9.28. The Morgan fingerprint density at radius 3 is 2.70 bits per heavy atom. The van der Waals surface area contributed by atoms with Crippen LogP contribution < -0.4 is 9.46 Å². The summed E-state index contributed by atoms with van der Waals surface area (Å²) in [6.45, 7) is -3.00. The molecule has 0 aromatic heterocycles. The van der Waals surface area contributed by atoms with Crippen molar-refractivity contribution in [1.82, 2.24) is 0 Å². The summed E-state index contributed by atoms with van der Waals surface area (Å²) in [4.78, 5) is 10.3. The fourth-order valence-corrected chi connectivity index (χ4v) is 2.49. The van der Waals surface area contributed by atoms with Crippen LogP contribution in [0.5, 0.6) is 5.75 Å². The van der Waals surface area contributed by atoms with Crippen molar-refractivity contribution in [1.29, 1.82) is 0 Å². The van der Waals surface area contributed by atoms with Crippen molar-refractivity contribution in [2.45, 2.75) is 19.5 Å². The smallest absolute Gasteiger partial charge is 0.387 e. The highest BCUT2D eigenvalue weighted by Crippen LogP contribution is 2.20. The Labute approximate surface area is 114 Å². The molecule has 0 aliphatic rings. The first-order valence-electron chi connectivity index (χ1n) is 5.56. The highest BCUT2D eigenvalue weighted by atomic mass is 32.2. The molecule has 1 aromatic carbocycles. The molecule has 6 nitrogen and oxygen atoms in total. The van der Waals surface area contributed by atoms with Gasteiger partial charge < -0.3 is 9.84 Å². The van der Waals surface area contributed by atoms with Crippen molar-refractivity contribution in [2.24, 2.45) is 0 Å². The zero-order valence-corrected chi connectivity index (χ0v) is 11.1. The molecule has 1 rings (SSSR count). The van der Waals surface area contributed by atoms with Crippen molar-refractivity contribution in [2.75, 3.05) is 10.5 Å². The third-order valence-electron chi connectivity index (χ3n) is 2.14. The SMILES string of the molecule is O=C(O)CCCS(=O)(=O)Nc1cccc(OC(F)F)c1. The van der Waals surface area contributed by atoms with E-state index in [0.717, 1.165) is 6.07 Å². The molecule has 2 N–H and O–H groups in total. The molecule has 0 radical (unpaired) electrons. The first kappa shape index (κ1) is 16.2. The molecule has 0 fully saturated rings. The van der Waals surface area contributed by atoms with Crippen LogP contribution in [0.4, 0.5) is 14.5 Å². The fourth-order valence-electron chi connectivity index (χ4n) is 1.38. The molecule has 0 saturated heterocycles. The van der Waals surface area contributed by atoms with Crippen LogP contribution in [0.25, 0.3) is 0 Å². The minimum Gasteiger partial charge on any atom is -0.481 e. The van der Waals surface area contributed by atoms with Crippen molar-refractivity contribution in [3.8, 4) is 5.75 Å². The summed E-state index contributed by atoms with van der Waals surface area (Å²) in [5.74, 6) is -1.64. The second-order valence-corrected chi connectivity index (χ2v) is 5.67. The molecule has 0 atom stereocenters. The number of sulfonamides is 1. The molecule has 112 valence electrons. The van der Waals surface area contributed by atoms with Crippen LogP contribution in [0, 0.1) is 0 Å². The summed E-state index contributed by atoms with van der Waals surface area (Å²) in [6, 6.07) is 5.09. The average Bonchev–Trinajstić information content (AvgIpc) is 2.26. The Bertz CT molecular complexity index is 562. The number of alkyl halides is 2. The molecule has 20 heavy (non-hydrogen) atoms. The third kappa shape index (κ3) is 6.32. The molecule has 0 spiro atoms. The Hall–Kier alpha value is -1.90. The first-order valence-corrected chi connectivity index (χ1v) is 7.21. The number of ether oxygens (including phenoxy) is 1. The third-order valence-corrected chi connectivity index (χ3v) is 3.51. The molecule has 0 heterocycles. The number of aliphatic carboxylic acids is 1. The summed E-state index contributed by atoms with van der Waals surface area (Å²) in [6.07, 6.45) is -0.312. The predicted octanol–water partition coefficient (Wildman–Crippen LogP) is 1.89. The van der Waals surface area contributed by atoms with Crippen LogP contribution in [-0.4, -0.2) is 31.9 Å². The van der Waals surface area contributed by atoms with E-state index in [2.05, 4.69) is 9.46 Å². The van der Waals surface area contributed by atoms with Gasteiger partial charge in [-0.15, -0.1) is 0 Å². The van der Waals surface area contributed by atoms with Crippen molar-refractivity contribution >= 4 is 21.7 Å². The van der Waals surface area contributed by atoms with E-state index in [1.165, 1.54) is 18.2 Å². The van der Waals surface area contributed by atoms with Gasteiger partial charge >= 0.3 is 12.6 Å². The lowest BCUT2D eigenvalue weighted by Gasteiger charge is -2.09. The molecule has 0 aliphatic carbocycles. The number of nitrogens with one attached hydrogen (secondary N) is 1. The van der Waals surface area contributed by atoms with Crippen LogP contribution in [-0.2, 0) is 14.8 Å². The lowest BCUT2D eigenvalue weighted by Crippen LogP contribution is -2.17. The molecule has 0 saturated carbocycles. The molecular weight excluding hydrogens is 296 g/mol. The lowest BCUT2D eigenvalue weighted by atomic mass is 10.3. The number of anilines is 1. The topological polar surface area (TPSA) is 92.7 Å². The normalized spacial score (nSPS) is 11.3. The number of halogens is 2. The Balaban J connectivity index is 2.64. The molecule has 9 heteroatoms. The Morgan fingerprint density at radius 2 is 2.10 bits per heavy atom. The maximum Gasteiger partial charge on any atom is 0.387 e. The van der Waals surface area contributed by atoms with Gasteiger partial charge in [0.25, 0.3) is 0 Å². The van der Waals surface area contributed by atoms with E-state index in [9.17, 15) is 22.0 Å². The van der Waals surface area contributed by atoms with E-state index in [1.807, 2.05) is 0 Å². The fraction of sp³-hybridized carbons (Fsp3) is 0.364. The maximum atomic E-state index is 12.0. The number of rotatable bonds is 8. The monoisotopic (exact) mass is 309 g/mol. The van der Waals surface area contributed by atoms with Gasteiger partial charge in [-0.05, 0) is 18.6 Å².